The SMILES string of the molecule is C[C@@]1(O)CCC(=O)N(Cc2ccccc2)C1. The van der Waals surface area contributed by atoms with Gasteiger partial charge in [-0.2, -0.15) is 0 Å². The van der Waals surface area contributed by atoms with Gasteiger partial charge < -0.3 is 10.0 Å². The summed E-state index contributed by atoms with van der Waals surface area (Å²) in [6.07, 6.45) is 1.01. The molecule has 0 unspecified atom stereocenters. The number of likely N-dealkylation sites (tertiary alicyclic amines) is 1. The second kappa shape index (κ2) is 4.26. The molecule has 1 aliphatic heterocycles. The maximum atomic E-state index is 11.7. The molecular weight excluding hydrogens is 202 g/mol. The third-order valence-corrected chi connectivity index (χ3v) is 2.98. The van der Waals surface area contributed by atoms with Crippen molar-refractivity contribution < 1.29 is 9.90 Å². The summed E-state index contributed by atoms with van der Waals surface area (Å²) in [5.41, 5.74) is 0.372. The van der Waals surface area contributed by atoms with Gasteiger partial charge in [0.2, 0.25) is 5.91 Å². The van der Waals surface area contributed by atoms with E-state index in [1.807, 2.05) is 30.3 Å². The van der Waals surface area contributed by atoms with Crippen molar-refractivity contribution in [3.63, 3.8) is 0 Å². The van der Waals surface area contributed by atoms with Crippen molar-refractivity contribution in [2.24, 2.45) is 0 Å². The predicted molar refractivity (Wildman–Crippen MR) is 61.7 cm³/mol. The molecule has 1 atom stereocenters. The van der Waals surface area contributed by atoms with E-state index in [9.17, 15) is 9.90 Å². The molecule has 0 saturated carbocycles. The van der Waals surface area contributed by atoms with Gasteiger partial charge in [0, 0.05) is 19.5 Å². The highest BCUT2D eigenvalue weighted by atomic mass is 16.3. The summed E-state index contributed by atoms with van der Waals surface area (Å²) in [5, 5.41) is 9.95. The fourth-order valence-electron chi connectivity index (χ4n) is 2.06. The number of amides is 1. The molecule has 1 saturated heterocycles. The molecular formula is C13H17NO2. The van der Waals surface area contributed by atoms with Crippen LogP contribution in [0.25, 0.3) is 0 Å². The minimum atomic E-state index is -0.733. The second-order valence-corrected chi connectivity index (χ2v) is 4.73. The molecule has 1 aromatic carbocycles. The van der Waals surface area contributed by atoms with Crippen molar-refractivity contribution in [3.8, 4) is 0 Å². The van der Waals surface area contributed by atoms with Crippen LogP contribution in [0, 0.1) is 0 Å². The summed E-state index contributed by atoms with van der Waals surface area (Å²) < 4.78 is 0. The van der Waals surface area contributed by atoms with Crippen LogP contribution in [0.2, 0.25) is 0 Å². The number of rotatable bonds is 2. The summed E-state index contributed by atoms with van der Waals surface area (Å²) in [7, 11) is 0. The Balaban J connectivity index is 2.06. The molecule has 0 aliphatic carbocycles. The molecule has 1 heterocycles. The van der Waals surface area contributed by atoms with E-state index in [2.05, 4.69) is 0 Å². The van der Waals surface area contributed by atoms with Crippen LogP contribution in [0.5, 0.6) is 0 Å². The van der Waals surface area contributed by atoms with E-state index in [4.69, 9.17) is 0 Å². The Morgan fingerprint density at radius 1 is 1.38 bits per heavy atom. The molecule has 0 aromatic heterocycles. The Hall–Kier alpha value is -1.35. The third kappa shape index (κ3) is 2.61. The fourth-order valence-corrected chi connectivity index (χ4v) is 2.06. The molecule has 3 nitrogen and oxygen atoms in total. The Morgan fingerprint density at radius 3 is 2.75 bits per heavy atom. The van der Waals surface area contributed by atoms with Crippen LogP contribution in [0.3, 0.4) is 0 Å². The van der Waals surface area contributed by atoms with Crippen molar-refractivity contribution in [3.05, 3.63) is 35.9 Å². The molecule has 1 amide bonds. The summed E-state index contributed by atoms with van der Waals surface area (Å²) >= 11 is 0. The van der Waals surface area contributed by atoms with Gasteiger partial charge in [0.05, 0.1) is 5.60 Å². The van der Waals surface area contributed by atoms with E-state index in [1.54, 1.807) is 11.8 Å². The first-order valence-corrected chi connectivity index (χ1v) is 5.61. The zero-order valence-corrected chi connectivity index (χ0v) is 9.52. The molecule has 1 aromatic rings. The van der Waals surface area contributed by atoms with Crippen LogP contribution in [0.15, 0.2) is 30.3 Å². The number of hydrogen-bond donors (Lipinski definition) is 1. The minimum absolute atomic E-state index is 0.135. The van der Waals surface area contributed by atoms with Gasteiger partial charge in [-0.15, -0.1) is 0 Å². The lowest BCUT2D eigenvalue weighted by Crippen LogP contribution is -2.48. The highest BCUT2D eigenvalue weighted by Crippen LogP contribution is 2.22. The number of piperidine rings is 1. The standard InChI is InChI=1S/C13H17NO2/c1-13(16)8-7-12(15)14(10-13)9-11-5-3-2-4-6-11/h2-6,16H,7-10H2,1H3/t13-/m1/s1. The van der Waals surface area contributed by atoms with Crippen molar-refractivity contribution in [2.45, 2.75) is 31.9 Å². The molecule has 86 valence electrons. The van der Waals surface area contributed by atoms with Crippen LogP contribution < -0.4 is 0 Å². The van der Waals surface area contributed by atoms with Crippen molar-refractivity contribution in [2.75, 3.05) is 6.54 Å². The van der Waals surface area contributed by atoms with Gasteiger partial charge in [-0.25, -0.2) is 0 Å². The number of β-amino-alcohol motifs (C(OH)–C–C–N with tert-alkyl or cyclic N) is 1. The molecule has 2 rings (SSSR count). The van der Waals surface area contributed by atoms with Gasteiger partial charge >= 0.3 is 0 Å². The Bertz CT molecular complexity index is 373. The molecule has 1 N–H and O–H groups in total. The second-order valence-electron chi connectivity index (χ2n) is 4.73. The number of benzene rings is 1. The van der Waals surface area contributed by atoms with Gasteiger partial charge in [0.15, 0.2) is 0 Å². The number of aliphatic hydroxyl groups is 1. The zero-order chi connectivity index (χ0) is 11.6. The molecule has 1 fully saturated rings. The summed E-state index contributed by atoms with van der Waals surface area (Å²) in [5.74, 6) is 0.135. The quantitative estimate of drug-likeness (QED) is 0.820. The minimum Gasteiger partial charge on any atom is -0.388 e. The van der Waals surface area contributed by atoms with Crippen molar-refractivity contribution in [1.29, 1.82) is 0 Å². The third-order valence-electron chi connectivity index (χ3n) is 2.98. The number of nitrogens with zero attached hydrogens (tertiary/aromatic N) is 1. The first-order chi connectivity index (χ1) is 7.57. The number of carbonyl (C=O) groups is 1. The maximum Gasteiger partial charge on any atom is 0.223 e. The largest absolute Gasteiger partial charge is 0.388 e. The van der Waals surface area contributed by atoms with Crippen molar-refractivity contribution >= 4 is 5.91 Å². The normalized spacial score (nSPS) is 25.9. The molecule has 0 spiro atoms. The van der Waals surface area contributed by atoms with Crippen LogP contribution >= 0.6 is 0 Å². The van der Waals surface area contributed by atoms with E-state index >= 15 is 0 Å². The van der Waals surface area contributed by atoms with Gasteiger partial charge in [-0.1, -0.05) is 30.3 Å². The fraction of sp³-hybridized carbons (Fsp3) is 0.462. The zero-order valence-electron chi connectivity index (χ0n) is 9.52. The number of hydrogen-bond acceptors (Lipinski definition) is 2. The molecule has 0 bridgehead atoms. The van der Waals surface area contributed by atoms with Crippen LogP contribution in [0.1, 0.15) is 25.3 Å². The maximum absolute atomic E-state index is 11.7. The number of carbonyl (C=O) groups excluding carboxylic acids is 1. The van der Waals surface area contributed by atoms with Gasteiger partial charge in [0.1, 0.15) is 0 Å². The average Bonchev–Trinajstić information content (AvgIpc) is 2.25. The summed E-state index contributed by atoms with van der Waals surface area (Å²) in [6.45, 7) is 2.81. The Labute approximate surface area is 95.7 Å². The van der Waals surface area contributed by atoms with E-state index in [0.717, 1.165) is 5.56 Å². The smallest absolute Gasteiger partial charge is 0.223 e. The lowest BCUT2D eigenvalue weighted by molar-refractivity contribution is -0.142. The topological polar surface area (TPSA) is 40.5 Å². The molecule has 1 aliphatic rings. The van der Waals surface area contributed by atoms with Crippen LogP contribution in [-0.2, 0) is 11.3 Å². The average molecular weight is 219 g/mol. The van der Waals surface area contributed by atoms with E-state index < -0.39 is 5.60 Å². The lowest BCUT2D eigenvalue weighted by Gasteiger charge is -2.36. The summed E-state index contributed by atoms with van der Waals surface area (Å²) in [4.78, 5) is 13.4. The molecule has 16 heavy (non-hydrogen) atoms. The van der Waals surface area contributed by atoms with Gasteiger partial charge in [-0.05, 0) is 18.9 Å². The van der Waals surface area contributed by atoms with E-state index in [0.29, 0.717) is 25.9 Å². The Kier molecular flexibility index (Phi) is 2.97. The molecule has 3 heteroatoms. The first kappa shape index (κ1) is 11.1. The molecule has 0 radical (unpaired) electrons. The predicted octanol–water partition coefficient (Wildman–Crippen LogP) is 1.56. The van der Waals surface area contributed by atoms with Gasteiger partial charge in [-0.3, -0.25) is 4.79 Å². The highest BCUT2D eigenvalue weighted by Gasteiger charge is 2.32. The first-order valence-electron chi connectivity index (χ1n) is 5.61. The van der Waals surface area contributed by atoms with Gasteiger partial charge in [0.25, 0.3) is 0 Å². The van der Waals surface area contributed by atoms with Crippen LogP contribution in [-0.4, -0.2) is 28.1 Å². The van der Waals surface area contributed by atoms with Crippen molar-refractivity contribution in [1.82, 2.24) is 4.90 Å². The lowest BCUT2D eigenvalue weighted by atomic mass is 9.94. The van der Waals surface area contributed by atoms with E-state index in [-0.39, 0.29) is 5.91 Å². The monoisotopic (exact) mass is 219 g/mol. The summed E-state index contributed by atoms with van der Waals surface area (Å²) in [6, 6.07) is 9.87. The van der Waals surface area contributed by atoms with Crippen LogP contribution in [0.4, 0.5) is 0 Å². The van der Waals surface area contributed by atoms with E-state index in [1.165, 1.54) is 0 Å². The Morgan fingerprint density at radius 2 is 2.06 bits per heavy atom. The highest BCUT2D eigenvalue weighted by molar-refractivity contribution is 5.77.